The van der Waals surface area contributed by atoms with E-state index in [0.29, 0.717) is 0 Å². The van der Waals surface area contributed by atoms with E-state index in [9.17, 15) is 0 Å². The molecule has 0 saturated heterocycles. The van der Waals surface area contributed by atoms with Crippen molar-refractivity contribution < 1.29 is 0 Å². The van der Waals surface area contributed by atoms with E-state index < -0.39 is 0 Å². The molecule has 0 saturated carbocycles. The van der Waals surface area contributed by atoms with E-state index in [4.69, 9.17) is 11.6 Å². The van der Waals surface area contributed by atoms with E-state index >= 15 is 0 Å². The molecule has 1 heteroatoms. The molecule has 0 aromatic heterocycles. The van der Waals surface area contributed by atoms with Crippen LogP contribution in [0.3, 0.4) is 0 Å². The Morgan fingerprint density at radius 3 is 2.58 bits per heavy atom. The van der Waals surface area contributed by atoms with Crippen molar-refractivity contribution in [2.75, 3.05) is 0 Å². The van der Waals surface area contributed by atoms with E-state index in [0.717, 1.165) is 27.8 Å². The molecule has 2 aromatic carbocycles. The largest absolute Gasteiger partial charge is 0.0984 e. The zero-order chi connectivity index (χ0) is 13.7. The molecule has 0 atom stereocenters. The van der Waals surface area contributed by atoms with Crippen LogP contribution in [0, 0.1) is 0 Å². The van der Waals surface area contributed by atoms with Crippen LogP contribution in [-0.2, 0) is 6.42 Å². The van der Waals surface area contributed by atoms with Crippen LogP contribution in [0.2, 0.25) is 5.02 Å². The van der Waals surface area contributed by atoms with Crippen LogP contribution < -0.4 is 0 Å². The van der Waals surface area contributed by atoms with E-state index in [2.05, 4.69) is 37.8 Å². The predicted octanol–water partition coefficient (Wildman–Crippen LogP) is 5.82. The molecule has 0 spiro atoms. The minimum atomic E-state index is 0.758. The highest BCUT2D eigenvalue weighted by Gasteiger charge is 2.00. The summed E-state index contributed by atoms with van der Waals surface area (Å²) in [4.78, 5) is 0. The molecule has 0 nitrogen and oxygen atoms in total. The van der Waals surface area contributed by atoms with Crippen molar-refractivity contribution in [1.82, 2.24) is 0 Å². The van der Waals surface area contributed by atoms with Gasteiger partial charge in [0.25, 0.3) is 0 Å². The highest BCUT2D eigenvalue weighted by atomic mass is 35.5. The average molecular weight is 269 g/mol. The van der Waals surface area contributed by atoms with Crippen molar-refractivity contribution in [3.8, 4) is 0 Å². The maximum atomic E-state index is 6.37. The summed E-state index contributed by atoms with van der Waals surface area (Å²) in [6.45, 7) is 6.04. The molecule has 0 aliphatic carbocycles. The van der Waals surface area contributed by atoms with Crippen molar-refractivity contribution in [1.29, 1.82) is 0 Å². The number of halogens is 1. The molecule has 19 heavy (non-hydrogen) atoms. The van der Waals surface area contributed by atoms with E-state index in [1.54, 1.807) is 0 Å². The van der Waals surface area contributed by atoms with Crippen molar-refractivity contribution in [3.63, 3.8) is 0 Å². The Bertz CT molecular complexity index is 655. The van der Waals surface area contributed by atoms with Crippen molar-refractivity contribution >= 4 is 28.4 Å². The second-order valence-electron chi connectivity index (χ2n) is 4.35. The Morgan fingerprint density at radius 2 is 1.84 bits per heavy atom. The van der Waals surface area contributed by atoms with Crippen LogP contribution in [-0.4, -0.2) is 0 Å². The molecule has 0 fully saturated rings. The first kappa shape index (κ1) is 13.6. The monoisotopic (exact) mass is 268 g/mol. The molecule has 0 amide bonds. The maximum absolute atomic E-state index is 6.37. The Labute approximate surface area is 119 Å². The van der Waals surface area contributed by atoms with Gasteiger partial charge < -0.3 is 0 Å². The normalized spacial score (nSPS) is 10.0. The number of rotatable bonds is 2. The molecule has 0 N–H and O–H groups in total. The topological polar surface area (TPSA) is 0 Å². The lowest BCUT2D eigenvalue weighted by atomic mass is 10.0. The summed E-state index contributed by atoms with van der Waals surface area (Å²) in [5, 5.41) is 2.94. The third-order valence-electron chi connectivity index (χ3n) is 3.11. The summed E-state index contributed by atoms with van der Waals surface area (Å²) in [6, 6.07) is 18.4. The van der Waals surface area contributed by atoms with Gasteiger partial charge >= 0.3 is 0 Å². The fraction of sp³-hybridized carbons (Fsp3) is 0.111. The van der Waals surface area contributed by atoms with Crippen LogP contribution in [0.5, 0.6) is 0 Å². The molecule has 0 unspecified atom stereocenters. The molecule has 0 aliphatic rings. The minimum Gasteiger partial charge on any atom is -0.0984 e. The molecule has 0 heterocycles. The van der Waals surface area contributed by atoms with Gasteiger partial charge in [0.15, 0.2) is 0 Å². The molecule has 2 rings (SSSR count). The SMILES string of the molecule is C=Cc1cccccc(CC)cc2cccc(Cl)c12. The van der Waals surface area contributed by atoms with Crippen LogP contribution in [0.1, 0.15) is 18.1 Å². The summed E-state index contributed by atoms with van der Waals surface area (Å²) in [6.07, 6.45) is 2.84. The zero-order valence-corrected chi connectivity index (χ0v) is 11.8. The van der Waals surface area contributed by atoms with E-state index in [1.165, 1.54) is 5.56 Å². The van der Waals surface area contributed by atoms with Gasteiger partial charge in [0, 0.05) is 10.4 Å². The lowest BCUT2D eigenvalue weighted by Crippen LogP contribution is -1.80. The van der Waals surface area contributed by atoms with Gasteiger partial charge in [-0.25, -0.2) is 0 Å². The Hall–Kier alpha value is -1.79. The summed E-state index contributed by atoms with van der Waals surface area (Å²) < 4.78 is 0. The standard InChI is InChI=1S/C18H17Cl/c1-3-14-9-6-5-7-10-15(4-2)18-16(13-14)11-8-12-17(18)19/h4-13H,2-3H2,1H3. The van der Waals surface area contributed by atoms with Crippen molar-refractivity contribution in [2.45, 2.75) is 13.3 Å². The van der Waals surface area contributed by atoms with Gasteiger partial charge in [0.05, 0.1) is 0 Å². The fourth-order valence-corrected chi connectivity index (χ4v) is 2.38. The Balaban J connectivity index is 2.99. The molecular formula is C18H17Cl. The van der Waals surface area contributed by atoms with Crippen LogP contribution in [0.25, 0.3) is 16.8 Å². The second kappa shape index (κ2) is 6.40. The quantitative estimate of drug-likeness (QED) is 0.643. The highest BCUT2D eigenvalue weighted by molar-refractivity contribution is 6.36. The number of fused-ring (bicyclic) bond motifs is 1. The first-order valence-electron chi connectivity index (χ1n) is 6.43. The van der Waals surface area contributed by atoms with E-state index in [-0.39, 0.29) is 0 Å². The number of aryl methyl sites for hydroxylation is 1. The molecule has 2 aromatic rings. The van der Waals surface area contributed by atoms with Gasteiger partial charge in [0.1, 0.15) is 0 Å². The number of hydrogen-bond donors (Lipinski definition) is 0. The van der Waals surface area contributed by atoms with Crippen LogP contribution in [0.15, 0.2) is 61.2 Å². The smallest absolute Gasteiger partial charge is 0.0490 e. The van der Waals surface area contributed by atoms with Gasteiger partial charge in [-0.2, -0.15) is 0 Å². The molecule has 0 radical (unpaired) electrons. The fourth-order valence-electron chi connectivity index (χ4n) is 2.09. The molecule has 0 bridgehead atoms. The van der Waals surface area contributed by atoms with Crippen LogP contribution >= 0.6 is 11.6 Å². The first-order chi connectivity index (χ1) is 9.26. The van der Waals surface area contributed by atoms with Crippen LogP contribution in [0.4, 0.5) is 0 Å². The van der Waals surface area contributed by atoms with Gasteiger partial charge in [-0.1, -0.05) is 79.7 Å². The zero-order valence-electron chi connectivity index (χ0n) is 11.1. The lowest BCUT2D eigenvalue weighted by Gasteiger charge is -2.03. The van der Waals surface area contributed by atoms with Crippen molar-refractivity contribution in [3.05, 3.63) is 77.3 Å². The molecule has 0 aliphatic heterocycles. The summed E-state index contributed by atoms with van der Waals surface area (Å²) in [5.41, 5.74) is 2.32. The highest BCUT2D eigenvalue weighted by Crippen LogP contribution is 2.26. The Morgan fingerprint density at radius 1 is 1.05 bits per heavy atom. The summed E-state index contributed by atoms with van der Waals surface area (Å²) >= 11 is 6.37. The lowest BCUT2D eigenvalue weighted by molar-refractivity contribution is 1.15. The second-order valence-corrected chi connectivity index (χ2v) is 4.75. The van der Waals surface area contributed by atoms with Crippen molar-refractivity contribution in [2.24, 2.45) is 0 Å². The maximum Gasteiger partial charge on any atom is 0.0490 e. The minimum absolute atomic E-state index is 0.758. The van der Waals surface area contributed by atoms with Gasteiger partial charge in [-0.3, -0.25) is 0 Å². The average Bonchev–Trinajstić information content (AvgIpc) is 2.43. The van der Waals surface area contributed by atoms with Gasteiger partial charge in [-0.15, -0.1) is 0 Å². The first-order valence-corrected chi connectivity index (χ1v) is 6.81. The van der Waals surface area contributed by atoms with E-state index in [1.807, 2.05) is 36.4 Å². The van der Waals surface area contributed by atoms with Gasteiger partial charge in [0.2, 0.25) is 0 Å². The summed E-state index contributed by atoms with van der Waals surface area (Å²) in [5.74, 6) is 0. The molecule has 96 valence electrons. The van der Waals surface area contributed by atoms with Gasteiger partial charge in [-0.05, 0) is 29.0 Å². The predicted molar refractivity (Wildman–Crippen MR) is 86.1 cm³/mol. The third-order valence-corrected chi connectivity index (χ3v) is 3.43. The number of hydrogen-bond acceptors (Lipinski definition) is 0. The third kappa shape index (κ3) is 3.15. The Kier molecular flexibility index (Phi) is 4.59. The molecular weight excluding hydrogens is 252 g/mol. The number of benzene rings is 1. The summed E-state index contributed by atoms with van der Waals surface area (Å²) in [7, 11) is 0.